The fourth-order valence-corrected chi connectivity index (χ4v) is 6.37. The molecule has 3 aromatic rings. The molecule has 1 aliphatic carbocycles. The molecule has 2 aliphatic rings. The van der Waals surface area contributed by atoms with Gasteiger partial charge in [0.05, 0.1) is 43.6 Å². The van der Waals surface area contributed by atoms with E-state index in [1.54, 1.807) is 44.7 Å². The lowest BCUT2D eigenvalue weighted by Crippen LogP contribution is -2.36. The van der Waals surface area contributed by atoms with Crippen molar-refractivity contribution in [2.75, 3.05) is 20.8 Å². The zero-order chi connectivity index (χ0) is 26.9. The SMILES string of the molecule is CCOc1cc2c(cc1OC)C(c1ccc(OC)nc1)=N[C@@H]1CC[C@@H](OS(=O)(=O)c3ccc(C)cc3)C[C@H]21. The highest BCUT2D eigenvalue weighted by atomic mass is 32.2. The Morgan fingerprint density at radius 1 is 0.974 bits per heavy atom. The minimum absolute atomic E-state index is 0.0237. The van der Waals surface area contributed by atoms with Crippen molar-refractivity contribution >= 4 is 15.8 Å². The first-order valence-electron chi connectivity index (χ1n) is 12.8. The number of hydrogen-bond donors (Lipinski definition) is 0. The van der Waals surface area contributed by atoms with E-state index in [9.17, 15) is 8.42 Å². The number of aliphatic imine (C=N–C) groups is 1. The van der Waals surface area contributed by atoms with E-state index in [4.69, 9.17) is 23.4 Å². The highest BCUT2D eigenvalue weighted by molar-refractivity contribution is 7.86. The number of nitrogens with zero attached hydrogens (tertiary/aromatic N) is 2. The number of fused-ring (bicyclic) bond motifs is 3. The topological polar surface area (TPSA) is 96.3 Å². The van der Waals surface area contributed by atoms with Crippen LogP contribution in [-0.2, 0) is 14.3 Å². The maximum atomic E-state index is 13.0. The molecule has 1 fully saturated rings. The van der Waals surface area contributed by atoms with Gasteiger partial charge in [0, 0.05) is 29.3 Å². The van der Waals surface area contributed by atoms with Crippen molar-refractivity contribution in [1.82, 2.24) is 4.98 Å². The number of pyridine rings is 1. The average molecular weight is 537 g/mol. The van der Waals surface area contributed by atoms with Gasteiger partial charge in [-0.25, -0.2) is 4.98 Å². The Hall–Kier alpha value is -3.43. The first kappa shape index (κ1) is 26.2. The van der Waals surface area contributed by atoms with Crippen molar-refractivity contribution in [3.63, 3.8) is 0 Å². The summed E-state index contributed by atoms with van der Waals surface area (Å²) in [7, 11) is -0.684. The minimum Gasteiger partial charge on any atom is -0.493 e. The number of rotatable bonds is 8. The molecule has 9 heteroatoms. The summed E-state index contributed by atoms with van der Waals surface area (Å²) in [6.07, 6.45) is 3.12. The summed E-state index contributed by atoms with van der Waals surface area (Å²) in [5.74, 6) is 1.76. The third kappa shape index (κ3) is 5.13. The van der Waals surface area contributed by atoms with Crippen LogP contribution < -0.4 is 14.2 Å². The first-order valence-corrected chi connectivity index (χ1v) is 14.2. The third-order valence-electron chi connectivity index (χ3n) is 7.14. The molecule has 200 valence electrons. The Bertz CT molecular complexity index is 1440. The van der Waals surface area contributed by atoms with Crippen molar-refractivity contribution in [2.45, 2.75) is 56.1 Å². The summed E-state index contributed by atoms with van der Waals surface area (Å²) in [5, 5.41) is 0. The lowest BCUT2D eigenvalue weighted by molar-refractivity contribution is 0.140. The minimum atomic E-state index is -3.88. The van der Waals surface area contributed by atoms with E-state index in [2.05, 4.69) is 4.98 Å². The normalized spacial score (nSPS) is 20.6. The van der Waals surface area contributed by atoms with Crippen molar-refractivity contribution in [3.8, 4) is 17.4 Å². The van der Waals surface area contributed by atoms with Crippen molar-refractivity contribution in [3.05, 3.63) is 77.0 Å². The summed E-state index contributed by atoms with van der Waals surface area (Å²) in [5.41, 5.74) is 4.65. The van der Waals surface area contributed by atoms with E-state index in [0.717, 1.165) is 28.0 Å². The Morgan fingerprint density at radius 3 is 2.42 bits per heavy atom. The van der Waals surface area contributed by atoms with Crippen LogP contribution in [0, 0.1) is 6.92 Å². The van der Waals surface area contributed by atoms with Gasteiger partial charge in [0.1, 0.15) is 0 Å². The molecule has 5 rings (SSSR count). The van der Waals surface area contributed by atoms with Gasteiger partial charge >= 0.3 is 0 Å². The quantitative estimate of drug-likeness (QED) is 0.371. The smallest absolute Gasteiger partial charge is 0.297 e. The molecule has 1 aromatic heterocycles. The lowest BCUT2D eigenvalue weighted by Gasteiger charge is -2.38. The molecule has 0 radical (unpaired) electrons. The predicted molar refractivity (Wildman–Crippen MR) is 144 cm³/mol. The van der Waals surface area contributed by atoms with Gasteiger partial charge in [-0.15, -0.1) is 0 Å². The molecule has 2 aromatic carbocycles. The summed E-state index contributed by atoms with van der Waals surface area (Å²) in [6, 6.07) is 14.4. The zero-order valence-corrected chi connectivity index (χ0v) is 22.8. The Labute approximate surface area is 223 Å². The molecule has 0 saturated heterocycles. The van der Waals surface area contributed by atoms with Crippen LogP contribution in [0.5, 0.6) is 17.4 Å². The highest BCUT2D eigenvalue weighted by Crippen LogP contribution is 2.46. The number of benzene rings is 2. The zero-order valence-electron chi connectivity index (χ0n) is 22.0. The van der Waals surface area contributed by atoms with Gasteiger partial charge in [0.2, 0.25) is 5.88 Å². The molecule has 0 spiro atoms. The van der Waals surface area contributed by atoms with E-state index in [1.807, 2.05) is 38.1 Å². The van der Waals surface area contributed by atoms with Gasteiger partial charge in [-0.1, -0.05) is 17.7 Å². The van der Waals surface area contributed by atoms with Crippen LogP contribution in [0.4, 0.5) is 0 Å². The van der Waals surface area contributed by atoms with Crippen molar-refractivity contribution < 1.29 is 26.8 Å². The van der Waals surface area contributed by atoms with E-state index >= 15 is 0 Å². The van der Waals surface area contributed by atoms with Crippen LogP contribution in [-0.4, -0.2) is 52.1 Å². The second-order valence-corrected chi connectivity index (χ2v) is 11.1. The maximum absolute atomic E-state index is 13.0. The monoisotopic (exact) mass is 536 g/mol. The van der Waals surface area contributed by atoms with Gasteiger partial charge in [-0.2, -0.15) is 8.42 Å². The molecule has 2 heterocycles. The fraction of sp³-hybridized carbons (Fsp3) is 0.379. The highest BCUT2D eigenvalue weighted by Gasteiger charge is 2.39. The van der Waals surface area contributed by atoms with E-state index in [-0.39, 0.29) is 16.9 Å². The molecule has 0 unspecified atom stereocenters. The molecular weight excluding hydrogens is 504 g/mol. The van der Waals surface area contributed by atoms with Crippen LogP contribution in [0.1, 0.15) is 54.4 Å². The standard InChI is InChI=1S/C29H32N2O6S/c1-5-36-27-15-22-23-14-20(37-38(32,33)21-10-6-18(2)7-11-21)9-12-25(23)31-29(24(22)16-26(27)34-3)19-8-13-28(35-4)30-17-19/h6-8,10-11,13,15-17,20,23,25H,5,9,12,14H2,1-4H3/t20-,23-,25-/m1/s1. The van der Waals surface area contributed by atoms with Gasteiger partial charge in [0.15, 0.2) is 11.5 Å². The van der Waals surface area contributed by atoms with Crippen LogP contribution >= 0.6 is 0 Å². The molecule has 8 nitrogen and oxygen atoms in total. The number of aryl methyl sites for hydroxylation is 1. The summed E-state index contributed by atoms with van der Waals surface area (Å²) in [4.78, 5) is 9.71. The van der Waals surface area contributed by atoms with Crippen molar-refractivity contribution in [1.29, 1.82) is 0 Å². The van der Waals surface area contributed by atoms with Crippen LogP contribution in [0.3, 0.4) is 0 Å². The number of methoxy groups -OCH3 is 2. The summed E-state index contributed by atoms with van der Waals surface area (Å²) >= 11 is 0. The molecule has 3 atom stereocenters. The molecule has 0 bridgehead atoms. The van der Waals surface area contributed by atoms with Crippen molar-refractivity contribution in [2.24, 2.45) is 4.99 Å². The first-order chi connectivity index (χ1) is 18.3. The van der Waals surface area contributed by atoms with E-state index < -0.39 is 16.2 Å². The summed E-state index contributed by atoms with van der Waals surface area (Å²) < 4.78 is 48.6. The van der Waals surface area contributed by atoms with E-state index in [1.165, 1.54) is 0 Å². The molecule has 38 heavy (non-hydrogen) atoms. The molecule has 1 aliphatic heterocycles. The molecule has 0 amide bonds. The summed E-state index contributed by atoms with van der Waals surface area (Å²) in [6.45, 7) is 4.34. The van der Waals surface area contributed by atoms with Gasteiger partial charge < -0.3 is 14.2 Å². The number of hydrogen-bond acceptors (Lipinski definition) is 8. The average Bonchev–Trinajstić information content (AvgIpc) is 2.92. The Kier molecular flexibility index (Phi) is 7.40. The van der Waals surface area contributed by atoms with Crippen LogP contribution in [0.25, 0.3) is 0 Å². The second-order valence-electron chi connectivity index (χ2n) is 9.56. The Balaban J connectivity index is 1.51. The third-order valence-corrected chi connectivity index (χ3v) is 8.52. The largest absolute Gasteiger partial charge is 0.493 e. The second kappa shape index (κ2) is 10.7. The van der Waals surface area contributed by atoms with Gasteiger partial charge in [-0.05, 0) is 69.0 Å². The molecular formula is C29H32N2O6S. The Morgan fingerprint density at radius 2 is 1.76 bits per heavy atom. The van der Waals surface area contributed by atoms with E-state index in [0.29, 0.717) is 43.2 Å². The lowest BCUT2D eigenvalue weighted by atomic mass is 9.74. The fourth-order valence-electron chi connectivity index (χ4n) is 5.25. The van der Waals surface area contributed by atoms with Gasteiger partial charge in [0.25, 0.3) is 10.1 Å². The number of aromatic nitrogens is 1. The predicted octanol–water partition coefficient (Wildman–Crippen LogP) is 5.07. The molecule has 1 saturated carbocycles. The van der Waals surface area contributed by atoms with Crippen LogP contribution in [0.15, 0.2) is 64.6 Å². The molecule has 0 N–H and O–H groups in total. The number of ether oxygens (including phenoxy) is 3. The maximum Gasteiger partial charge on any atom is 0.297 e. The van der Waals surface area contributed by atoms with Crippen LogP contribution in [0.2, 0.25) is 0 Å². The van der Waals surface area contributed by atoms with Gasteiger partial charge in [-0.3, -0.25) is 9.18 Å².